The van der Waals surface area contributed by atoms with Gasteiger partial charge in [-0.2, -0.15) is 4.57 Å². The van der Waals surface area contributed by atoms with Gasteiger partial charge in [-0.25, -0.2) is 0 Å². The molecule has 6 nitrogen and oxygen atoms in total. The summed E-state index contributed by atoms with van der Waals surface area (Å²) in [5.74, 6) is 0.925. The van der Waals surface area contributed by atoms with Gasteiger partial charge >= 0.3 is 7.82 Å². The van der Waals surface area contributed by atoms with Crippen molar-refractivity contribution in [2.75, 3.05) is 11.1 Å². The Balaban J connectivity index is 1.80. The van der Waals surface area contributed by atoms with Gasteiger partial charge < -0.3 is 24.6 Å². The van der Waals surface area contributed by atoms with Gasteiger partial charge in [-0.1, -0.05) is 47.6 Å². The number of rotatable bonds is 2. The Morgan fingerprint density at radius 1 is 0.852 bits per heavy atom. The molecule has 2 heterocycles. The van der Waals surface area contributed by atoms with Crippen LogP contribution in [-0.2, 0) is 15.4 Å². The zero-order valence-electron chi connectivity index (χ0n) is 16.5. The molecule has 0 spiro atoms. The van der Waals surface area contributed by atoms with Crippen molar-refractivity contribution >= 4 is 24.9 Å². The Kier molecular flexibility index (Phi) is 3.58. The topological polar surface area (TPSA) is 82.8 Å². The largest absolute Gasteiger partial charge is 0.647 e. The minimum atomic E-state index is -3.63. The van der Waals surface area contributed by atoms with E-state index in [0.717, 1.165) is 5.69 Å². The van der Waals surface area contributed by atoms with E-state index in [4.69, 9.17) is 19.3 Å². The van der Waals surface area contributed by atoms with Crippen molar-refractivity contribution in [3.8, 4) is 17.2 Å². The molecule has 0 saturated carbocycles. The van der Waals surface area contributed by atoms with Gasteiger partial charge in [-0.3, -0.25) is 0 Å². The van der Waals surface area contributed by atoms with Gasteiger partial charge in [-0.05, 0) is 34.1 Å². The molecule has 144 valence electrons. The highest BCUT2D eigenvalue weighted by molar-refractivity contribution is 7.50. The number of hydrogen-bond donors (Lipinski definition) is 2. The molecule has 0 saturated heterocycles. The van der Waals surface area contributed by atoms with Crippen molar-refractivity contribution in [1.29, 1.82) is 0 Å². The zero-order chi connectivity index (χ0) is 19.8. The lowest BCUT2D eigenvalue weighted by molar-refractivity contribution is 0.328. The lowest BCUT2D eigenvalue weighted by Crippen LogP contribution is -2.16. The molecule has 0 radical (unpaired) electrons. The summed E-state index contributed by atoms with van der Waals surface area (Å²) in [6, 6.07) is 8.19. The van der Waals surface area contributed by atoms with Crippen LogP contribution in [-0.4, -0.2) is 0 Å². The number of hydrogen-bond acceptors (Lipinski definition) is 6. The number of fused-ring (bicyclic) bond motifs is 2. The van der Waals surface area contributed by atoms with E-state index >= 15 is 0 Å². The number of benzene rings is 2. The second-order valence-corrected chi connectivity index (χ2v) is 10.6. The first-order valence-electron chi connectivity index (χ1n) is 8.94. The van der Waals surface area contributed by atoms with Crippen molar-refractivity contribution in [3.05, 3.63) is 35.4 Å². The Labute approximate surface area is 159 Å². The number of anilines is 3. The summed E-state index contributed by atoms with van der Waals surface area (Å²) in [6.07, 6.45) is 0. The van der Waals surface area contributed by atoms with Crippen molar-refractivity contribution < 1.29 is 18.1 Å². The van der Waals surface area contributed by atoms with Gasteiger partial charge in [0.05, 0.1) is 5.69 Å². The van der Waals surface area contributed by atoms with E-state index in [1.807, 2.05) is 0 Å². The van der Waals surface area contributed by atoms with E-state index in [1.54, 1.807) is 6.07 Å². The summed E-state index contributed by atoms with van der Waals surface area (Å²) >= 11 is 0. The van der Waals surface area contributed by atoms with Crippen molar-refractivity contribution in [2.24, 2.45) is 0 Å². The van der Waals surface area contributed by atoms with Crippen LogP contribution in [0.4, 0.5) is 17.1 Å². The number of nitrogen functional groups attached to an aromatic ring is 1. The summed E-state index contributed by atoms with van der Waals surface area (Å²) in [5, 5.41) is 3.38. The fraction of sp³-hybridized carbons (Fsp3) is 0.400. The van der Waals surface area contributed by atoms with E-state index in [2.05, 4.69) is 65.1 Å². The first-order valence-corrected chi connectivity index (χ1v) is 10.4. The third-order valence-corrected chi connectivity index (χ3v) is 6.03. The molecule has 0 aromatic heterocycles. The standard InChI is InChI=1S/C20H25N2O4P/c1-19(2,3)11-7-12(20(4,5)6)9-13(8-11)22-14-10-15-16(21)18-17(14)25-27(23,24-15)26-18/h7-10,22H,21H2,1-6H3. The lowest BCUT2D eigenvalue weighted by atomic mass is 9.80. The second kappa shape index (κ2) is 5.35. The highest BCUT2D eigenvalue weighted by Crippen LogP contribution is 2.69. The van der Waals surface area contributed by atoms with Gasteiger partial charge in [-0.15, -0.1) is 0 Å². The molecular weight excluding hydrogens is 363 g/mol. The molecule has 2 aromatic rings. The van der Waals surface area contributed by atoms with E-state index in [9.17, 15) is 4.57 Å². The smallest absolute Gasteiger partial charge is 0.393 e. The predicted molar refractivity (Wildman–Crippen MR) is 107 cm³/mol. The van der Waals surface area contributed by atoms with Crippen molar-refractivity contribution in [3.63, 3.8) is 0 Å². The number of nitrogens with two attached hydrogens (primary N) is 1. The van der Waals surface area contributed by atoms with Crippen molar-refractivity contribution in [1.82, 2.24) is 0 Å². The minimum Gasteiger partial charge on any atom is -0.393 e. The van der Waals surface area contributed by atoms with E-state index in [-0.39, 0.29) is 16.6 Å². The Morgan fingerprint density at radius 2 is 1.41 bits per heavy atom. The molecule has 7 heteroatoms. The third kappa shape index (κ3) is 3.02. The third-order valence-electron chi connectivity index (χ3n) is 4.80. The van der Waals surface area contributed by atoms with Crippen LogP contribution < -0.4 is 24.6 Å². The molecule has 3 N–H and O–H groups in total. The maximum Gasteiger partial charge on any atom is 0.647 e. The number of phosphoric ester groups is 1. The fourth-order valence-electron chi connectivity index (χ4n) is 3.10. The van der Waals surface area contributed by atoms with Crippen LogP contribution in [0.3, 0.4) is 0 Å². The van der Waals surface area contributed by atoms with Crippen LogP contribution in [0, 0.1) is 0 Å². The fourth-order valence-corrected chi connectivity index (χ4v) is 4.42. The summed E-state index contributed by atoms with van der Waals surface area (Å²) in [6.45, 7) is 13.1. The number of phosphoric acid groups is 1. The maximum atomic E-state index is 12.4. The molecule has 0 fully saturated rings. The molecule has 0 aliphatic carbocycles. The lowest BCUT2D eigenvalue weighted by Gasteiger charge is -2.26. The highest BCUT2D eigenvalue weighted by atomic mass is 31.2. The van der Waals surface area contributed by atoms with E-state index in [1.165, 1.54) is 11.1 Å². The predicted octanol–water partition coefficient (Wildman–Crippen LogP) is 5.88. The molecule has 4 rings (SSSR count). The Bertz CT molecular complexity index is 964. The summed E-state index contributed by atoms with van der Waals surface area (Å²) in [7, 11) is -3.63. The average molecular weight is 388 g/mol. The first kappa shape index (κ1) is 18.1. The molecule has 2 aromatic carbocycles. The van der Waals surface area contributed by atoms with Crippen LogP contribution in [0.1, 0.15) is 52.7 Å². The van der Waals surface area contributed by atoms with Gasteiger partial charge in [0.15, 0.2) is 5.75 Å². The molecule has 0 amide bonds. The quantitative estimate of drug-likeness (QED) is 0.494. The molecule has 2 aliphatic rings. The normalized spacial score (nSPS) is 20.1. The summed E-state index contributed by atoms with van der Waals surface area (Å²) in [4.78, 5) is 0. The number of nitrogens with one attached hydrogen (secondary N) is 1. The van der Waals surface area contributed by atoms with E-state index in [0.29, 0.717) is 22.9 Å². The minimum absolute atomic E-state index is 0.00169. The monoisotopic (exact) mass is 388 g/mol. The van der Waals surface area contributed by atoms with Crippen LogP contribution in [0.25, 0.3) is 0 Å². The molecule has 2 aliphatic heterocycles. The van der Waals surface area contributed by atoms with Crippen molar-refractivity contribution in [2.45, 2.75) is 52.4 Å². The van der Waals surface area contributed by atoms with Crippen LogP contribution in [0.5, 0.6) is 17.2 Å². The Hall–Kier alpha value is -2.33. The van der Waals surface area contributed by atoms with Gasteiger partial charge in [0.25, 0.3) is 0 Å². The van der Waals surface area contributed by atoms with Gasteiger partial charge in [0.2, 0.25) is 11.5 Å². The molecule has 27 heavy (non-hydrogen) atoms. The molecular formula is C20H25N2O4P. The average Bonchev–Trinajstić information content (AvgIpc) is 2.75. The molecule has 1 unspecified atom stereocenters. The SMILES string of the molecule is CC(C)(C)c1cc(Nc2cc3c(N)c4c2OP(=O)(O3)O4)cc(C(C)(C)C)c1. The molecule has 3 bridgehead atoms. The zero-order valence-corrected chi connectivity index (χ0v) is 17.4. The van der Waals surface area contributed by atoms with Crippen LogP contribution in [0.2, 0.25) is 0 Å². The summed E-state index contributed by atoms with van der Waals surface area (Å²) in [5.41, 5.74) is 10.3. The maximum absolute atomic E-state index is 12.4. The van der Waals surface area contributed by atoms with Crippen LogP contribution in [0.15, 0.2) is 24.3 Å². The first-order chi connectivity index (χ1) is 12.4. The Morgan fingerprint density at radius 3 is 1.96 bits per heavy atom. The van der Waals surface area contributed by atoms with Gasteiger partial charge in [0.1, 0.15) is 5.69 Å². The van der Waals surface area contributed by atoms with Gasteiger partial charge in [0, 0.05) is 11.8 Å². The second-order valence-electron chi connectivity index (χ2n) is 9.14. The summed E-state index contributed by atoms with van der Waals surface area (Å²) < 4.78 is 28.4. The van der Waals surface area contributed by atoms with Crippen LogP contribution >= 0.6 is 7.82 Å². The van der Waals surface area contributed by atoms with E-state index < -0.39 is 7.82 Å². The highest BCUT2D eigenvalue weighted by Gasteiger charge is 2.49. The molecule has 1 atom stereocenters.